The Hall–Kier alpha value is -2.26. The molecular weight excluding hydrogens is 286 g/mol. The second kappa shape index (κ2) is 5.26. The smallest absolute Gasteiger partial charge is 0.152 e. The molecule has 0 saturated carbocycles. The highest BCUT2D eigenvalue weighted by Crippen LogP contribution is 2.37. The lowest BCUT2D eigenvalue weighted by Gasteiger charge is -2.08. The predicted molar refractivity (Wildman–Crippen MR) is 85.4 cm³/mol. The molecule has 0 aliphatic rings. The van der Waals surface area contributed by atoms with Gasteiger partial charge in [-0.2, -0.15) is 0 Å². The van der Waals surface area contributed by atoms with Crippen LogP contribution in [0.25, 0.3) is 22.2 Å². The minimum Gasteiger partial charge on any atom is -0.496 e. The summed E-state index contributed by atoms with van der Waals surface area (Å²) in [6, 6.07) is 11.2. The number of hydrogen-bond donors (Lipinski definition) is 1. The van der Waals surface area contributed by atoms with Crippen molar-refractivity contribution in [2.75, 3.05) is 7.11 Å². The number of benzene rings is 2. The molecule has 3 nitrogen and oxygen atoms in total. The van der Waals surface area contributed by atoms with Crippen molar-refractivity contribution in [3.8, 4) is 17.0 Å². The number of H-pyrrole nitrogens is 1. The lowest BCUT2D eigenvalue weighted by Crippen LogP contribution is -1.91. The highest BCUT2D eigenvalue weighted by Gasteiger charge is 2.17. The van der Waals surface area contributed by atoms with E-state index in [4.69, 9.17) is 16.3 Å². The Morgan fingerprint density at radius 3 is 2.76 bits per heavy atom. The average molecular weight is 300 g/mol. The van der Waals surface area contributed by atoms with Crippen LogP contribution in [0.4, 0.5) is 0 Å². The summed E-state index contributed by atoms with van der Waals surface area (Å²) in [5.41, 5.74) is 4.17. The van der Waals surface area contributed by atoms with Crippen LogP contribution in [-0.4, -0.2) is 18.4 Å². The summed E-state index contributed by atoms with van der Waals surface area (Å²) >= 11 is 6.09. The first kappa shape index (κ1) is 13.7. The zero-order valence-electron chi connectivity index (χ0n) is 11.7. The van der Waals surface area contributed by atoms with E-state index >= 15 is 0 Å². The minimum atomic E-state index is 0.595. The molecule has 4 heteroatoms. The fourth-order valence-corrected chi connectivity index (χ4v) is 2.77. The van der Waals surface area contributed by atoms with Crippen molar-refractivity contribution in [2.45, 2.75) is 6.92 Å². The van der Waals surface area contributed by atoms with Gasteiger partial charge in [-0.05, 0) is 30.7 Å². The summed E-state index contributed by atoms with van der Waals surface area (Å²) in [6.07, 6.45) is 0.869. The Bertz CT molecular complexity index is 836. The number of ether oxygens (including phenoxy) is 1. The van der Waals surface area contributed by atoms with Crippen LogP contribution in [0, 0.1) is 6.92 Å². The van der Waals surface area contributed by atoms with Crippen LogP contribution in [0.2, 0.25) is 5.02 Å². The summed E-state index contributed by atoms with van der Waals surface area (Å²) in [4.78, 5) is 14.9. The van der Waals surface area contributed by atoms with Gasteiger partial charge in [0.25, 0.3) is 0 Å². The highest BCUT2D eigenvalue weighted by atomic mass is 35.5. The van der Waals surface area contributed by atoms with E-state index in [1.165, 1.54) is 0 Å². The second-order valence-corrected chi connectivity index (χ2v) is 5.31. The molecule has 1 heterocycles. The van der Waals surface area contributed by atoms with Crippen LogP contribution in [0.1, 0.15) is 15.9 Å². The normalized spacial score (nSPS) is 10.8. The van der Waals surface area contributed by atoms with Gasteiger partial charge < -0.3 is 9.72 Å². The summed E-state index contributed by atoms with van der Waals surface area (Å²) in [6.45, 7) is 2.01. The van der Waals surface area contributed by atoms with Crippen molar-refractivity contribution < 1.29 is 9.53 Å². The van der Waals surface area contributed by atoms with E-state index in [9.17, 15) is 4.79 Å². The van der Waals surface area contributed by atoms with Crippen LogP contribution in [0.15, 0.2) is 36.4 Å². The topological polar surface area (TPSA) is 42.1 Å². The molecule has 0 aliphatic carbocycles. The van der Waals surface area contributed by atoms with Gasteiger partial charge >= 0.3 is 0 Å². The van der Waals surface area contributed by atoms with E-state index in [0.717, 1.165) is 34.0 Å². The molecule has 106 valence electrons. The Morgan fingerprint density at radius 1 is 1.24 bits per heavy atom. The first-order valence-corrected chi connectivity index (χ1v) is 6.94. The highest BCUT2D eigenvalue weighted by molar-refractivity contribution is 6.31. The van der Waals surface area contributed by atoms with E-state index in [0.29, 0.717) is 16.3 Å². The third kappa shape index (κ3) is 2.20. The van der Waals surface area contributed by atoms with Crippen molar-refractivity contribution in [1.29, 1.82) is 0 Å². The molecule has 0 bridgehead atoms. The maximum atomic E-state index is 11.6. The maximum Gasteiger partial charge on any atom is 0.152 e. The van der Waals surface area contributed by atoms with Gasteiger partial charge in [-0.15, -0.1) is 0 Å². The molecule has 0 aliphatic heterocycles. The molecule has 0 saturated heterocycles. The maximum absolute atomic E-state index is 11.6. The SMILES string of the molecule is COc1ccc(Cl)cc1-c1[nH]c2c(C)cccc2c1C=O. The van der Waals surface area contributed by atoms with Crippen molar-refractivity contribution in [2.24, 2.45) is 0 Å². The first-order valence-electron chi connectivity index (χ1n) is 6.56. The van der Waals surface area contributed by atoms with Crippen molar-refractivity contribution in [3.05, 3.63) is 52.5 Å². The van der Waals surface area contributed by atoms with Crippen LogP contribution in [-0.2, 0) is 0 Å². The summed E-state index contributed by atoms with van der Waals surface area (Å²) in [7, 11) is 1.60. The first-order chi connectivity index (χ1) is 10.2. The van der Waals surface area contributed by atoms with Gasteiger partial charge in [0.05, 0.1) is 12.8 Å². The van der Waals surface area contributed by atoms with Crippen LogP contribution >= 0.6 is 11.6 Å². The number of fused-ring (bicyclic) bond motifs is 1. The lowest BCUT2D eigenvalue weighted by molar-refractivity contribution is 0.112. The molecule has 0 unspecified atom stereocenters. The number of carbonyl (C=O) groups is 1. The largest absolute Gasteiger partial charge is 0.496 e. The van der Waals surface area contributed by atoms with Crippen molar-refractivity contribution >= 4 is 28.8 Å². The van der Waals surface area contributed by atoms with E-state index in [1.807, 2.05) is 25.1 Å². The summed E-state index contributed by atoms with van der Waals surface area (Å²) < 4.78 is 5.39. The molecule has 0 atom stereocenters. The zero-order valence-corrected chi connectivity index (χ0v) is 12.5. The van der Waals surface area contributed by atoms with Gasteiger partial charge in [0, 0.05) is 27.1 Å². The Balaban J connectivity index is 2.37. The molecule has 0 spiro atoms. The number of aryl methyl sites for hydroxylation is 1. The van der Waals surface area contributed by atoms with Crippen molar-refractivity contribution in [3.63, 3.8) is 0 Å². The zero-order chi connectivity index (χ0) is 15.0. The number of para-hydroxylation sites is 1. The third-order valence-electron chi connectivity index (χ3n) is 3.63. The third-order valence-corrected chi connectivity index (χ3v) is 3.87. The fraction of sp³-hybridized carbons (Fsp3) is 0.118. The average Bonchev–Trinajstić information content (AvgIpc) is 2.87. The second-order valence-electron chi connectivity index (χ2n) is 4.87. The monoisotopic (exact) mass is 299 g/mol. The number of methoxy groups -OCH3 is 1. The molecule has 0 fully saturated rings. The molecule has 0 radical (unpaired) electrons. The molecule has 2 aromatic carbocycles. The van der Waals surface area contributed by atoms with Gasteiger partial charge in [0.1, 0.15) is 5.75 Å². The Labute approximate surface area is 127 Å². The van der Waals surface area contributed by atoms with E-state index in [-0.39, 0.29) is 0 Å². The predicted octanol–water partition coefficient (Wildman–Crippen LogP) is 4.62. The summed E-state index contributed by atoms with van der Waals surface area (Å²) in [5, 5.41) is 1.50. The van der Waals surface area contributed by atoms with Crippen molar-refractivity contribution in [1.82, 2.24) is 4.98 Å². The molecule has 21 heavy (non-hydrogen) atoms. The quantitative estimate of drug-likeness (QED) is 0.717. The molecule has 1 aromatic heterocycles. The molecular formula is C17H14ClNO2. The van der Waals surface area contributed by atoms with Gasteiger partial charge in [0.2, 0.25) is 0 Å². The number of carbonyl (C=O) groups excluding carboxylic acids is 1. The lowest BCUT2D eigenvalue weighted by atomic mass is 10.0. The van der Waals surface area contributed by atoms with E-state index in [2.05, 4.69) is 4.98 Å². The number of nitrogens with one attached hydrogen (secondary N) is 1. The number of aromatic nitrogens is 1. The van der Waals surface area contributed by atoms with Gasteiger partial charge in [-0.3, -0.25) is 4.79 Å². The molecule has 1 N–H and O–H groups in total. The number of hydrogen-bond acceptors (Lipinski definition) is 2. The Morgan fingerprint density at radius 2 is 2.05 bits per heavy atom. The van der Waals surface area contributed by atoms with Gasteiger partial charge in [-0.25, -0.2) is 0 Å². The molecule has 0 amide bonds. The summed E-state index contributed by atoms with van der Waals surface area (Å²) in [5.74, 6) is 0.673. The minimum absolute atomic E-state index is 0.595. The standard InChI is InChI=1S/C17H14ClNO2/c1-10-4-3-5-12-14(9-20)17(19-16(10)12)13-8-11(18)6-7-15(13)21-2/h3-9,19H,1-2H3. The molecule has 3 rings (SSSR count). The van der Waals surface area contributed by atoms with Gasteiger partial charge in [0.15, 0.2) is 6.29 Å². The number of aromatic amines is 1. The van der Waals surface area contributed by atoms with Crippen LogP contribution in [0.5, 0.6) is 5.75 Å². The fourth-order valence-electron chi connectivity index (χ4n) is 2.60. The molecule has 3 aromatic rings. The van der Waals surface area contributed by atoms with E-state index < -0.39 is 0 Å². The van der Waals surface area contributed by atoms with E-state index in [1.54, 1.807) is 25.3 Å². The van der Waals surface area contributed by atoms with Crippen LogP contribution in [0.3, 0.4) is 0 Å². The number of rotatable bonds is 3. The van der Waals surface area contributed by atoms with Crippen LogP contribution < -0.4 is 4.74 Å². The Kier molecular flexibility index (Phi) is 3.43. The number of aldehydes is 1. The number of halogens is 1. The van der Waals surface area contributed by atoms with Gasteiger partial charge in [-0.1, -0.05) is 29.8 Å².